The zero-order valence-corrected chi connectivity index (χ0v) is 10.4. The number of ether oxygens (including phenoxy) is 1. The average molecular weight is 213 g/mol. The number of nitrogens with one attached hydrogen (secondary N) is 1. The fourth-order valence-corrected chi connectivity index (χ4v) is 0.979. The van der Waals surface area contributed by atoms with Crippen molar-refractivity contribution >= 4 is 5.97 Å². The van der Waals surface area contributed by atoms with Crippen LogP contribution in [0.25, 0.3) is 0 Å². The van der Waals surface area contributed by atoms with Crippen molar-refractivity contribution in [1.82, 2.24) is 5.32 Å². The van der Waals surface area contributed by atoms with E-state index in [1.165, 1.54) is 0 Å². The molecule has 88 valence electrons. The summed E-state index contributed by atoms with van der Waals surface area (Å²) in [6, 6.07) is 0. The first-order valence-corrected chi connectivity index (χ1v) is 5.40. The molecule has 0 aromatic rings. The van der Waals surface area contributed by atoms with Gasteiger partial charge in [-0.15, -0.1) is 0 Å². The summed E-state index contributed by atoms with van der Waals surface area (Å²) in [7, 11) is 0. The van der Waals surface area contributed by atoms with Crippen molar-refractivity contribution in [1.29, 1.82) is 0 Å². The molecule has 0 heterocycles. The summed E-state index contributed by atoms with van der Waals surface area (Å²) in [5, 5.41) is 3.37. The minimum absolute atomic E-state index is 0.161. The smallest absolute Gasteiger partial charge is 0.333 e. The molecular weight excluding hydrogens is 190 g/mol. The number of carbonyl (C=O) groups is 1. The molecule has 0 saturated heterocycles. The molecule has 0 aliphatic heterocycles. The summed E-state index contributed by atoms with van der Waals surface area (Å²) in [6.07, 6.45) is 1.91. The summed E-state index contributed by atoms with van der Waals surface area (Å²) < 4.78 is 4.97. The van der Waals surface area contributed by atoms with Crippen molar-refractivity contribution in [3.05, 3.63) is 12.2 Å². The molecule has 0 unspecified atom stereocenters. The van der Waals surface area contributed by atoms with Crippen LogP contribution in [-0.4, -0.2) is 24.7 Å². The molecule has 0 bridgehead atoms. The lowest BCUT2D eigenvalue weighted by atomic mass is 10.1. The van der Waals surface area contributed by atoms with Gasteiger partial charge in [0.05, 0.1) is 6.61 Å². The molecule has 0 aromatic carbocycles. The van der Waals surface area contributed by atoms with Gasteiger partial charge in [-0.3, -0.25) is 0 Å². The summed E-state index contributed by atoms with van der Waals surface area (Å²) in [5.41, 5.74) is 0.622. The van der Waals surface area contributed by atoms with E-state index in [1.807, 2.05) is 0 Å². The molecule has 0 spiro atoms. The van der Waals surface area contributed by atoms with E-state index < -0.39 is 0 Å². The molecule has 0 aliphatic carbocycles. The Kier molecular flexibility index (Phi) is 6.25. The highest BCUT2D eigenvalue weighted by atomic mass is 16.5. The summed E-state index contributed by atoms with van der Waals surface area (Å²) in [6.45, 7) is 13.0. The first-order chi connectivity index (χ1) is 6.83. The second-order valence-corrected chi connectivity index (χ2v) is 4.80. The van der Waals surface area contributed by atoms with Crippen molar-refractivity contribution in [2.45, 2.75) is 46.1 Å². The lowest BCUT2D eigenvalue weighted by Gasteiger charge is -2.20. The Hall–Kier alpha value is -0.830. The quantitative estimate of drug-likeness (QED) is 0.418. The fourth-order valence-electron chi connectivity index (χ4n) is 0.979. The van der Waals surface area contributed by atoms with Gasteiger partial charge in [0, 0.05) is 11.1 Å². The zero-order valence-electron chi connectivity index (χ0n) is 10.4. The van der Waals surface area contributed by atoms with Gasteiger partial charge in [-0.25, -0.2) is 4.79 Å². The molecule has 0 saturated carbocycles. The van der Waals surface area contributed by atoms with E-state index in [4.69, 9.17) is 4.74 Å². The minimum atomic E-state index is -0.293. The van der Waals surface area contributed by atoms with Crippen LogP contribution >= 0.6 is 0 Å². The van der Waals surface area contributed by atoms with Gasteiger partial charge in [0.15, 0.2) is 0 Å². The van der Waals surface area contributed by atoms with Gasteiger partial charge >= 0.3 is 5.97 Å². The molecule has 1 N–H and O–H groups in total. The van der Waals surface area contributed by atoms with Crippen LogP contribution in [0.3, 0.4) is 0 Å². The Morgan fingerprint density at radius 1 is 1.33 bits per heavy atom. The highest BCUT2D eigenvalue weighted by Crippen LogP contribution is 2.00. The number of hydrogen-bond donors (Lipinski definition) is 1. The van der Waals surface area contributed by atoms with Crippen molar-refractivity contribution in [3.63, 3.8) is 0 Å². The second kappa shape index (κ2) is 6.62. The number of unbranched alkanes of at least 4 members (excludes halogenated alkanes) is 1. The number of hydrogen-bond acceptors (Lipinski definition) is 3. The molecule has 3 nitrogen and oxygen atoms in total. The Balaban J connectivity index is 3.33. The standard InChI is InChI=1S/C12H23NO2/c1-10(2)11(14)15-9-7-6-8-13-12(3,4)5/h13H,1,6-9H2,2-5H3. The number of carbonyl (C=O) groups excluding carboxylic acids is 1. The molecule has 0 aliphatic rings. The van der Waals surface area contributed by atoms with Crippen LogP contribution in [0.5, 0.6) is 0 Å². The van der Waals surface area contributed by atoms with Crippen molar-refractivity contribution in [2.24, 2.45) is 0 Å². The van der Waals surface area contributed by atoms with Crippen LogP contribution in [-0.2, 0) is 9.53 Å². The highest BCUT2D eigenvalue weighted by molar-refractivity contribution is 5.86. The first kappa shape index (κ1) is 14.2. The van der Waals surface area contributed by atoms with Crippen LogP contribution in [0.2, 0.25) is 0 Å². The second-order valence-electron chi connectivity index (χ2n) is 4.80. The topological polar surface area (TPSA) is 38.3 Å². The van der Waals surface area contributed by atoms with Gasteiger partial charge in [-0.05, 0) is 47.1 Å². The van der Waals surface area contributed by atoms with Gasteiger partial charge in [0.25, 0.3) is 0 Å². The van der Waals surface area contributed by atoms with Crippen LogP contribution in [0, 0.1) is 0 Å². The SMILES string of the molecule is C=C(C)C(=O)OCCCCNC(C)(C)C. The molecule has 0 amide bonds. The Morgan fingerprint density at radius 2 is 1.93 bits per heavy atom. The largest absolute Gasteiger partial charge is 0.462 e. The van der Waals surface area contributed by atoms with E-state index in [-0.39, 0.29) is 11.5 Å². The highest BCUT2D eigenvalue weighted by Gasteiger charge is 2.07. The van der Waals surface area contributed by atoms with Crippen LogP contribution in [0.1, 0.15) is 40.5 Å². The van der Waals surface area contributed by atoms with E-state index in [0.29, 0.717) is 12.2 Å². The zero-order chi connectivity index (χ0) is 11.9. The van der Waals surface area contributed by atoms with Crippen molar-refractivity contribution < 1.29 is 9.53 Å². The number of esters is 1. The van der Waals surface area contributed by atoms with Crippen molar-refractivity contribution in [2.75, 3.05) is 13.2 Å². The predicted molar refractivity (Wildman–Crippen MR) is 62.8 cm³/mol. The fraction of sp³-hybridized carbons (Fsp3) is 0.750. The lowest BCUT2D eigenvalue weighted by molar-refractivity contribution is -0.139. The van der Waals surface area contributed by atoms with E-state index in [2.05, 4.69) is 32.7 Å². The predicted octanol–water partition coefficient (Wildman–Crippen LogP) is 2.27. The molecular formula is C12H23NO2. The number of rotatable bonds is 6. The van der Waals surface area contributed by atoms with Gasteiger partial charge < -0.3 is 10.1 Å². The van der Waals surface area contributed by atoms with E-state index in [0.717, 1.165) is 19.4 Å². The maximum Gasteiger partial charge on any atom is 0.333 e. The Bertz CT molecular complexity index is 216. The third-order valence-electron chi connectivity index (χ3n) is 1.81. The van der Waals surface area contributed by atoms with E-state index in [9.17, 15) is 4.79 Å². The van der Waals surface area contributed by atoms with Gasteiger partial charge in [0.1, 0.15) is 0 Å². The normalized spacial score (nSPS) is 11.2. The third-order valence-corrected chi connectivity index (χ3v) is 1.81. The Labute approximate surface area is 92.9 Å². The maximum absolute atomic E-state index is 11.0. The van der Waals surface area contributed by atoms with Crippen LogP contribution in [0.15, 0.2) is 12.2 Å². The molecule has 0 radical (unpaired) electrons. The molecule has 0 fully saturated rings. The minimum Gasteiger partial charge on any atom is -0.462 e. The van der Waals surface area contributed by atoms with E-state index in [1.54, 1.807) is 6.92 Å². The maximum atomic E-state index is 11.0. The van der Waals surface area contributed by atoms with Crippen LogP contribution in [0.4, 0.5) is 0 Å². The average Bonchev–Trinajstić information content (AvgIpc) is 2.08. The molecule has 0 rings (SSSR count). The molecule has 0 atom stereocenters. The Morgan fingerprint density at radius 3 is 2.40 bits per heavy atom. The van der Waals surface area contributed by atoms with Crippen molar-refractivity contribution in [3.8, 4) is 0 Å². The molecule has 0 aromatic heterocycles. The first-order valence-electron chi connectivity index (χ1n) is 5.40. The summed E-state index contributed by atoms with van der Waals surface area (Å²) in [5.74, 6) is -0.293. The summed E-state index contributed by atoms with van der Waals surface area (Å²) >= 11 is 0. The van der Waals surface area contributed by atoms with Gasteiger partial charge in [0.2, 0.25) is 0 Å². The molecule has 3 heteroatoms. The third kappa shape index (κ3) is 9.47. The van der Waals surface area contributed by atoms with E-state index >= 15 is 0 Å². The molecule has 15 heavy (non-hydrogen) atoms. The van der Waals surface area contributed by atoms with Gasteiger partial charge in [-0.2, -0.15) is 0 Å². The monoisotopic (exact) mass is 213 g/mol. The summed E-state index contributed by atoms with van der Waals surface area (Å²) in [4.78, 5) is 11.0. The lowest BCUT2D eigenvalue weighted by Crippen LogP contribution is -2.36. The van der Waals surface area contributed by atoms with Gasteiger partial charge in [-0.1, -0.05) is 6.58 Å². The van der Waals surface area contributed by atoms with Crippen LogP contribution < -0.4 is 5.32 Å².